The van der Waals surface area contributed by atoms with E-state index >= 15 is 0 Å². The minimum absolute atomic E-state index is 0.0722. The third-order valence-electron chi connectivity index (χ3n) is 4.03. The van der Waals surface area contributed by atoms with Crippen LogP contribution < -0.4 is 11.1 Å². The Morgan fingerprint density at radius 2 is 2.00 bits per heavy atom. The van der Waals surface area contributed by atoms with Gasteiger partial charge in [0.1, 0.15) is 12.5 Å². The van der Waals surface area contributed by atoms with Crippen molar-refractivity contribution in [3.8, 4) is 5.95 Å². The van der Waals surface area contributed by atoms with E-state index in [9.17, 15) is 13.2 Å². The van der Waals surface area contributed by atoms with Gasteiger partial charge in [-0.05, 0) is 18.9 Å². The number of alkyl halides is 3. The summed E-state index contributed by atoms with van der Waals surface area (Å²) in [4.78, 5) is 8.61. The summed E-state index contributed by atoms with van der Waals surface area (Å²) in [5.41, 5.74) is 6.52. The Morgan fingerprint density at radius 3 is 2.62 bits per heavy atom. The second kappa shape index (κ2) is 6.76. The number of aromatic nitrogens is 4. The van der Waals surface area contributed by atoms with Crippen LogP contribution in [-0.2, 0) is 13.2 Å². The van der Waals surface area contributed by atoms with E-state index in [1.165, 1.54) is 10.7 Å². The van der Waals surface area contributed by atoms with Gasteiger partial charge in [0.05, 0.1) is 11.4 Å². The lowest BCUT2D eigenvalue weighted by Gasteiger charge is -2.29. The van der Waals surface area contributed by atoms with Crippen molar-refractivity contribution in [2.45, 2.75) is 50.9 Å². The second-order valence-electron chi connectivity index (χ2n) is 5.91. The highest BCUT2D eigenvalue weighted by Crippen LogP contribution is 2.34. The Kier molecular flexibility index (Phi) is 4.70. The number of nitrogens with zero attached hydrogens (tertiary/aromatic N) is 4. The molecule has 1 aliphatic carbocycles. The third kappa shape index (κ3) is 3.84. The van der Waals surface area contributed by atoms with Gasteiger partial charge in [-0.25, -0.2) is 22.8 Å². The van der Waals surface area contributed by atoms with E-state index in [1.807, 2.05) is 0 Å². The number of anilines is 1. The zero-order valence-electron chi connectivity index (χ0n) is 13.1. The van der Waals surface area contributed by atoms with Crippen LogP contribution in [0.2, 0.25) is 0 Å². The summed E-state index contributed by atoms with van der Waals surface area (Å²) in [7, 11) is 0. The lowest BCUT2D eigenvalue weighted by molar-refractivity contribution is -0.0361. The van der Waals surface area contributed by atoms with E-state index in [0.717, 1.165) is 0 Å². The summed E-state index contributed by atoms with van der Waals surface area (Å²) < 4.78 is 40.5. The predicted molar refractivity (Wildman–Crippen MR) is 82.7 cm³/mol. The molecule has 0 bridgehead atoms. The Morgan fingerprint density at radius 1 is 1.25 bits per heavy atom. The van der Waals surface area contributed by atoms with Crippen molar-refractivity contribution in [1.29, 1.82) is 0 Å². The summed E-state index contributed by atoms with van der Waals surface area (Å²) in [5.74, 6) is -1.80. The largest absolute Gasteiger partial charge is 0.367 e. The molecule has 6 nitrogen and oxygen atoms in total. The molecular formula is C15H19F3N6. The molecular weight excluding hydrogens is 321 g/mol. The van der Waals surface area contributed by atoms with Crippen molar-refractivity contribution in [2.75, 3.05) is 5.32 Å². The highest BCUT2D eigenvalue weighted by atomic mass is 19.3. The normalized spacial score (nSPS) is 17.8. The van der Waals surface area contributed by atoms with Crippen LogP contribution in [0.1, 0.15) is 37.1 Å². The highest BCUT2D eigenvalue weighted by molar-refractivity contribution is 5.40. The fourth-order valence-corrected chi connectivity index (χ4v) is 2.70. The molecule has 0 amide bonds. The summed E-state index contributed by atoms with van der Waals surface area (Å²) in [6.45, 7) is -0.477. The SMILES string of the molecule is NCc1cc(NC2CCC(F)(F)CC2)nc(-n2ccc(CF)n2)n1. The molecule has 2 heterocycles. The van der Waals surface area contributed by atoms with Gasteiger partial charge in [-0.15, -0.1) is 0 Å². The predicted octanol–water partition coefficient (Wildman–Crippen LogP) is 2.58. The van der Waals surface area contributed by atoms with E-state index in [4.69, 9.17) is 5.73 Å². The van der Waals surface area contributed by atoms with E-state index in [2.05, 4.69) is 20.4 Å². The van der Waals surface area contributed by atoms with Crippen molar-refractivity contribution in [2.24, 2.45) is 5.73 Å². The minimum Gasteiger partial charge on any atom is -0.367 e. The van der Waals surface area contributed by atoms with Crippen molar-refractivity contribution in [1.82, 2.24) is 19.7 Å². The lowest BCUT2D eigenvalue weighted by atomic mass is 9.92. The first-order valence-electron chi connectivity index (χ1n) is 7.82. The van der Waals surface area contributed by atoms with Gasteiger partial charge < -0.3 is 11.1 Å². The Bertz CT molecular complexity index is 692. The van der Waals surface area contributed by atoms with Crippen molar-refractivity contribution in [3.05, 3.63) is 29.7 Å². The molecule has 2 aromatic heterocycles. The van der Waals surface area contributed by atoms with Crippen LogP contribution in [-0.4, -0.2) is 31.7 Å². The van der Waals surface area contributed by atoms with Gasteiger partial charge in [0.15, 0.2) is 0 Å². The number of nitrogens with two attached hydrogens (primary N) is 1. The van der Waals surface area contributed by atoms with Gasteiger partial charge in [-0.3, -0.25) is 0 Å². The molecule has 0 aromatic carbocycles. The van der Waals surface area contributed by atoms with E-state index in [-0.39, 0.29) is 37.1 Å². The van der Waals surface area contributed by atoms with Crippen molar-refractivity contribution in [3.63, 3.8) is 0 Å². The second-order valence-corrected chi connectivity index (χ2v) is 5.91. The average molecular weight is 340 g/mol. The molecule has 3 rings (SSSR count). The molecule has 2 aromatic rings. The third-order valence-corrected chi connectivity index (χ3v) is 4.03. The molecule has 24 heavy (non-hydrogen) atoms. The van der Waals surface area contributed by atoms with Crippen molar-refractivity contribution >= 4 is 5.82 Å². The first-order chi connectivity index (χ1) is 11.5. The zero-order chi connectivity index (χ0) is 17.2. The Hall–Kier alpha value is -2.16. The Labute approximate surface area is 137 Å². The van der Waals surface area contributed by atoms with Crippen LogP contribution in [0.25, 0.3) is 5.95 Å². The van der Waals surface area contributed by atoms with E-state index in [0.29, 0.717) is 24.4 Å². The first kappa shape index (κ1) is 16.7. The fourth-order valence-electron chi connectivity index (χ4n) is 2.70. The molecule has 0 spiro atoms. The summed E-state index contributed by atoms with van der Waals surface area (Å²) in [5, 5.41) is 7.20. The average Bonchev–Trinajstić information content (AvgIpc) is 3.06. The molecule has 0 aliphatic heterocycles. The summed E-state index contributed by atoms with van der Waals surface area (Å²) in [6, 6.07) is 3.15. The highest BCUT2D eigenvalue weighted by Gasteiger charge is 2.34. The smallest absolute Gasteiger partial charge is 0.252 e. The van der Waals surface area contributed by atoms with Crippen molar-refractivity contribution < 1.29 is 13.2 Å². The first-order valence-corrected chi connectivity index (χ1v) is 7.82. The number of rotatable bonds is 5. The molecule has 130 valence electrons. The van der Waals surface area contributed by atoms with Gasteiger partial charge in [0, 0.05) is 37.7 Å². The molecule has 0 unspecified atom stereocenters. The number of hydrogen-bond acceptors (Lipinski definition) is 5. The van der Waals surface area contributed by atoms with Crippen LogP contribution in [0.3, 0.4) is 0 Å². The molecule has 1 saturated carbocycles. The minimum atomic E-state index is -2.57. The maximum absolute atomic E-state index is 13.2. The standard InChI is InChI=1S/C15H19F3N6/c16-8-11-3-6-24(23-11)14-21-12(9-19)7-13(22-14)20-10-1-4-15(17,18)5-2-10/h3,6-7,10H,1-2,4-5,8-9,19H2,(H,20,21,22). The molecule has 0 saturated heterocycles. The fraction of sp³-hybridized carbons (Fsp3) is 0.533. The maximum atomic E-state index is 13.2. The van der Waals surface area contributed by atoms with Crippen LogP contribution >= 0.6 is 0 Å². The number of nitrogens with one attached hydrogen (secondary N) is 1. The molecule has 9 heteroatoms. The van der Waals surface area contributed by atoms with Gasteiger partial charge in [0.2, 0.25) is 5.92 Å². The number of hydrogen-bond donors (Lipinski definition) is 2. The van der Waals surface area contributed by atoms with Crippen LogP contribution in [0.4, 0.5) is 19.0 Å². The quantitative estimate of drug-likeness (QED) is 0.874. The van der Waals surface area contributed by atoms with Crippen LogP contribution in [0.15, 0.2) is 18.3 Å². The van der Waals surface area contributed by atoms with Gasteiger partial charge in [-0.1, -0.05) is 0 Å². The molecule has 1 aliphatic rings. The van der Waals surface area contributed by atoms with E-state index < -0.39 is 12.6 Å². The molecule has 3 N–H and O–H groups in total. The zero-order valence-corrected chi connectivity index (χ0v) is 13.1. The van der Waals surface area contributed by atoms with E-state index in [1.54, 1.807) is 12.3 Å². The lowest BCUT2D eigenvalue weighted by Crippen LogP contribution is -2.32. The topological polar surface area (TPSA) is 81.6 Å². The van der Waals surface area contributed by atoms with Crippen LogP contribution in [0, 0.1) is 0 Å². The van der Waals surface area contributed by atoms with Gasteiger partial charge >= 0.3 is 0 Å². The van der Waals surface area contributed by atoms with Gasteiger partial charge in [-0.2, -0.15) is 10.1 Å². The Balaban J connectivity index is 1.79. The molecule has 1 fully saturated rings. The van der Waals surface area contributed by atoms with Crippen LogP contribution in [0.5, 0.6) is 0 Å². The molecule has 0 radical (unpaired) electrons. The molecule has 0 atom stereocenters. The van der Waals surface area contributed by atoms with Gasteiger partial charge in [0.25, 0.3) is 5.95 Å². The summed E-state index contributed by atoms with van der Waals surface area (Å²) in [6.07, 6.45) is 2.04. The number of halogens is 3. The maximum Gasteiger partial charge on any atom is 0.252 e. The monoisotopic (exact) mass is 340 g/mol. The summed E-state index contributed by atoms with van der Waals surface area (Å²) >= 11 is 0.